The second-order valence-corrected chi connectivity index (χ2v) is 7.70. The summed E-state index contributed by atoms with van der Waals surface area (Å²) in [6, 6.07) is 0. The van der Waals surface area contributed by atoms with Crippen molar-refractivity contribution < 1.29 is 654 Å². The van der Waals surface area contributed by atoms with Crippen LogP contribution in [-0.2, 0) is 22.8 Å². The van der Waals surface area contributed by atoms with Crippen LogP contribution in [0.15, 0.2) is 0 Å². The van der Waals surface area contributed by atoms with Crippen molar-refractivity contribution >= 4 is 39.1 Å². The smallest absolute Gasteiger partial charge is 1.00 e. The Morgan fingerprint density at radius 2 is 0.186 bits per heavy atom. The first kappa shape index (κ1) is 152. The Balaban J connectivity index is -0.00000000183. The van der Waals surface area contributed by atoms with Crippen LogP contribution in [0.1, 0.15) is 25.7 Å². The third-order valence-electron chi connectivity index (χ3n) is 0. The molecule has 0 aliphatic carbocycles. The van der Waals surface area contributed by atoms with Crippen molar-refractivity contribution in [1.82, 2.24) is 0 Å². The van der Waals surface area contributed by atoms with Gasteiger partial charge in [-0.1, -0.05) is 0 Å². The van der Waals surface area contributed by atoms with E-state index in [9.17, 15) is 0 Å². The molecule has 0 heterocycles. The molecule has 0 aromatic heterocycles. The van der Waals surface area contributed by atoms with Crippen LogP contribution in [0.3, 0.4) is 0 Å². The Hall–Kier alpha value is 18.6. The predicted octanol–water partition coefficient (Wildman–Crippen LogP) is -56.5. The second-order valence-electron chi connectivity index (χ2n) is 2.57. The van der Waals surface area contributed by atoms with Crippen molar-refractivity contribution in [3.05, 3.63) is 0 Å². The molecule has 0 aromatic carbocycles. The first-order valence-corrected chi connectivity index (χ1v) is 11.7. The molecule has 43 heteroatoms. The Morgan fingerprint density at radius 1 is 0.186 bits per heavy atom. The van der Waals surface area contributed by atoms with Gasteiger partial charge in [0.05, 0.1) is 0 Å². The zero-order valence-corrected chi connectivity index (χ0v) is 69.5. The van der Waals surface area contributed by atoms with E-state index in [2.05, 4.69) is 0 Å². The molecule has 15 N–H and O–H groups in total. The maximum Gasteiger partial charge on any atom is 1.00 e. The van der Waals surface area contributed by atoms with Crippen LogP contribution in [0.4, 0.5) is 0 Å². The number of hydrogen-bond acceptors (Lipinski definition) is 5. The normalized spacial score (nSPS) is 6.86. The van der Waals surface area contributed by atoms with Crippen molar-refractivity contribution in [2.75, 3.05) is 0 Å². The van der Waals surface area contributed by atoms with E-state index in [1.165, 1.54) is 0 Å². The maximum atomic E-state index is 8.88. The summed E-state index contributed by atoms with van der Waals surface area (Å²) in [7, 11) is -23.2. The van der Waals surface area contributed by atoms with Gasteiger partial charge in [-0.25, -0.2) is 22.8 Å². The van der Waals surface area contributed by atoms with E-state index in [1.807, 2.05) is 0 Å². The second kappa shape index (κ2) is 91.1. The fourth-order valence-corrected chi connectivity index (χ4v) is 0. The van der Waals surface area contributed by atoms with Crippen molar-refractivity contribution in [3.63, 3.8) is 0 Å². The molecule has 0 saturated carbocycles. The molecule has 0 aromatic rings. The number of rotatable bonds is 0. The molecule has 43 heavy (non-hydrogen) atoms. The van der Waals surface area contributed by atoms with Crippen LogP contribution in [0, 0.1) is 0 Å². The molecule has 0 unspecified atom stereocenters. The predicted molar refractivity (Wildman–Crippen MR) is 91.3 cm³/mol. The van der Waals surface area contributed by atoms with Gasteiger partial charge < -0.3 is 99.1 Å². The average Bonchev–Trinajstić information content (AvgIpc) is 1.79. The van der Waals surface area contributed by atoms with Crippen LogP contribution < -0.4 is 532 Å². The first-order chi connectivity index (χ1) is 10.0. The standard InChI is InChI=1S/18Na.5H3O4P.18H/c;;;;;;;;;;;;;;;;;;5*1-5(2,3)4;;;;;;;;;;;;;;;;;;/h;;;;;;;;;;;;;;;;;;5*(H3,1,2,3,4);;;;;;;;;;;;;;;;;;/q18*+1;;;;;;18*-1. The fourth-order valence-electron chi connectivity index (χ4n) is 0. The molecular weight excluding hydrogens is 889 g/mol. The zero-order chi connectivity index (χ0) is 22.5. The molecule has 0 atom stereocenters. The largest absolute Gasteiger partial charge is 1.00 e. The van der Waals surface area contributed by atoms with Crippen LogP contribution in [-0.4, -0.2) is 73.4 Å². The van der Waals surface area contributed by atoms with Gasteiger partial charge in [0.2, 0.25) is 0 Å². The van der Waals surface area contributed by atoms with Gasteiger partial charge in [-0.2, -0.15) is 0 Å². The van der Waals surface area contributed by atoms with Gasteiger partial charge in [0.15, 0.2) is 0 Å². The zero-order valence-electron chi connectivity index (χ0n) is 47.0. The summed E-state index contributed by atoms with van der Waals surface area (Å²) in [6.45, 7) is 0. The third-order valence-corrected chi connectivity index (χ3v) is 0. The molecule has 0 aliphatic rings. The summed E-state index contributed by atoms with van der Waals surface area (Å²) < 4.78 is 44.4. The van der Waals surface area contributed by atoms with Gasteiger partial charge >= 0.3 is 571 Å². The first-order valence-electron chi connectivity index (χ1n) is 3.91. The summed E-state index contributed by atoms with van der Waals surface area (Å²) in [4.78, 5) is 108. The maximum absolute atomic E-state index is 8.88. The van der Waals surface area contributed by atoms with Crippen LogP contribution in [0.25, 0.3) is 0 Å². The van der Waals surface area contributed by atoms with Crippen molar-refractivity contribution in [3.8, 4) is 0 Å². The third kappa shape index (κ3) is 603. The van der Waals surface area contributed by atoms with E-state index in [0.717, 1.165) is 0 Å². The van der Waals surface area contributed by atoms with E-state index in [4.69, 9.17) is 96.2 Å². The number of phosphoric acid groups is 5. The van der Waals surface area contributed by atoms with Gasteiger partial charge in [-0.05, 0) is 0 Å². The molecule has 196 valence electrons. The quantitative estimate of drug-likeness (QED) is 0.0792. The number of hydrogen-bond donors (Lipinski definition) is 15. The molecule has 0 aliphatic heterocycles. The fraction of sp³-hybridized carbons (Fsp3) is 0. The SMILES string of the molecule is O=P(O)(O)O.O=P(O)(O)O.O=P(O)(O)O.O=P(O)(O)O.O=P(O)(O)O.[H-].[H-].[H-].[H-].[H-].[H-].[H-].[H-].[H-].[H-].[H-].[H-].[H-].[H-].[H-].[H-].[H-].[H-].[Na+].[Na+].[Na+].[Na+].[Na+].[Na+].[Na+].[Na+].[Na+].[Na+].[Na+].[Na+].[Na+].[Na+].[Na+].[Na+].[Na+].[Na+]. The average molecular weight is 922 g/mol. The van der Waals surface area contributed by atoms with Gasteiger partial charge in [-0.3, -0.25) is 0 Å². The van der Waals surface area contributed by atoms with E-state index in [1.54, 1.807) is 0 Å². The van der Waals surface area contributed by atoms with Crippen LogP contribution >= 0.6 is 39.1 Å². The molecule has 0 saturated heterocycles. The minimum atomic E-state index is -4.64. The summed E-state index contributed by atoms with van der Waals surface area (Å²) in [6.07, 6.45) is 0. The molecule has 0 bridgehead atoms. The summed E-state index contributed by atoms with van der Waals surface area (Å²) in [5.74, 6) is 0. The summed E-state index contributed by atoms with van der Waals surface area (Å²) in [5.41, 5.74) is 0. The van der Waals surface area contributed by atoms with Gasteiger partial charge in [0.25, 0.3) is 0 Å². The molecule has 0 spiro atoms. The Kier molecular flexibility index (Phi) is 322. The van der Waals surface area contributed by atoms with E-state index in [-0.39, 0.29) is 558 Å². The van der Waals surface area contributed by atoms with Crippen molar-refractivity contribution in [2.24, 2.45) is 0 Å². The van der Waals surface area contributed by atoms with Crippen LogP contribution in [0.2, 0.25) is 0 Å². The minimum absolute atomic E-state index is 0. The molecule has 0 amide bonds. The van der Waals surface area contributed by atoms with Gasteiger partial charge in [-0.15, -0.1) is 0 Å². The topological polar surface area (TPSA) is 389 Å². The summed E-state index contributed by atoms with van der Waals surface area (Å²) in [5, 5.41) is 0. The van der Waals surface area contributed by atoms with E-state index >= 15 is 0 Å². The van der Waals surface area contributed by atoms with E-state index in [0.29, 0.717) is 0 Å². The molecule has 0 rings (SSSR count). The minimum Gasteiger partial charge on any atom is -1.00 e. The molecule has 0 fully saturated rings. The van der Waals surface area contributed by atoms with Gasteiger partial charge in [0.1, 0.15) is 0 Å². The Bertz CT molecular complexity index is 461. The molecular formula is H33Na18O20P5. The Labute approximate surface area is 674 Å². The monoisotopic (exact) mass is 922 g/mol. The van der Waals surface area contributed by atoms with Crippen LogP contribution in [0.5, 0.6) is 0 Å². The van der Waals surface area contributed by atoms with Crippen molar-refractivity contribution in [2.45, 2.75) is 0 Å². The molecule has 20 nitrogen and oxygen atoms in total. The van der Waals surface area contributed by atoms with E-state index < -0.39 is 39.1 Å². The summed E-state index contributed by atoms with van der Waals surface area (Å²) >= 11 is 0. The van der Waals surface area contributed by atoms with Gasteiger partial charge in [0, 0.05) is 0 Å². The Morgan fingerprint density at radius 3 is 0.186 bits per heavy atom. The molecule has 0 radical (unpaired) electrons. The van der Waals surface area contributed by atoms with Crippen molar-refractivity contribution in [1.29, 1.82) is 0 Å².